The quantitative estimate of drug-likeness (QED) is 0.437. The van der Waals surface area contributed by atoms with Crippen LogP contribution >= 0.6 is 0 Å². The molecule has 5 heteroatoms. The Morgan fingerprint density at radius 3 is 1.92 bits per heavy atom. The van der Waals surface area contributed by atoms with Gasteiger partial charge in [-0.1, -0.05) is 60.7 Å². The van der Waals surface area contributed by atoms with E-state index in [9.17, 15) is 4.79 Å². The van der Waals surface area contributed by atoms with E-state index in [0.717, 1.165) is 22.3 Å². The van der Waals surface area contributed by atoms with Gasteiger partial charge in [0.25, 0.3) is 5.91 Å². The Kier molecular flexibility index (Phi) is 3.84. The van der Waals surface area contributed by atoms with E-state index in [0.29, 0.717) is 5.82 Å². The molecule has 3 aromatic rings. The van der Waals surface area contributed by atoms with Gasteiger partial charge < -0.3 is 0 Å². The van der Waals surface area contributed by atoms with E-state index < -0.39 is 5.91 Å². The summed E-state index contributed by atoms with van der Waals surface area (Å²) in [6, 6.07) is 16.3. The summed E-state index contributed by atoms with van der Waals surface area (Å²) in [5.41, 5.74) is 6.26. The first kappa shape index (κ1) is 15.2. The molecule has 1 aromatic heterocycles. The summed E-state index contributed by atoms with van der Waals surface area (Å²) in [5, 5.41) is 8.74. The number of hydrogen-bond donors (Lipinski definition) is 2. The van der Waals surface area contributed by atoms with E-state index in [2.05, 4.69) is 46.4 Å². The molecule has 0 fully saturated rings. The maximum absolute atomic E-state index is 11.5. The normalized spacial score (nSPS) is 12.8. The molecule has 5 nitrogen and oxygen atoms in total. The third kappa shape index (κ3) is 2.70. The summed E-state index contributed by atoms with van der Waals surface area (Å²) in [6.07, 6.45) is 7.05. The third-order valence-electron chi connectivity index (χ3n) is 4.35. The average molecular weight is 329 g/mol. The number of amides is 1. The Bertz CT molecular complexity index is 915. The van der Waals surface area contributed by atoms with E-state index in [-0.39, 0.29) is 11.5 Å². The molecule has 1 amide bonds. The first-order valence-electron chi connectivity index (χ1n) is 7.90. The lowest BCUT2D eigenvalue weighted by atomic mass is 9.87. The largest absolute Gasteiger partial charge is 0.288 e. The van der Waals surface area contributed by atoms with Crippen LogP contribution in [0.3, 0.4) is 0 Å². The SMILES string of the molecule is O=C(NO)c1cnc(C2c3ccccc3C=Cc3ccccc32)nc1. The van der Waals surface area contributed by atoms with Gasteiger partial charge >= 0.3 is 0 Å². The molecule has 0 saturated carbocycles. The number of fused-ring (bicyclic) bond motifs is 2. The number of benzene rings is 2. The fraction of sp³-hybridized carbons (Fsp3) is 0.0500. The summed E-state index contributed by atoms with van der Waals surface area (Å²) in [6.45, 7) is 0. The summed E-state index contributed by atoms with van der Waals surface area (Å²) in [4.78, 5) is 20.3. The van der Waals surface area contributed by atoms with Crippen LogP contribution in [0.15, 0.2) is 60.9 Å². The van der Waals surface area contributed by atoms with Gasteiger partial charge in [-0.15, -0.1) is 0 Å². The first-order chi connectivity index (χ1) is 12.3. The Morgan fingerprint density at radius 2 is 1.40 bits per heavy atom. The van der Waals surface area contributed by atoms with Crippen molar-refractivity contribution in [2.75, 3.05) is 0 Å². The number of hydroxylamine groups is 1. The topological polar surface area (TPSA) is 75.1 Å². The van der Waals surface area contributed by atoms with Crippen LogP contribution in [-0.4, -0.2) is 21.1 Å². The maximum Gasteiger partial charge on any atom is 0.277 e. The van der Waals surface area contributed by atoms with Gasteiger partial charge in [-0.3, -0.25) is 10.0 Å². The molecule has 25 heavy (non-hydrogen) atoms. The van der Waals surface area contributed by atoms with Crippen LogP contribution < -0.4 is 5.48 Å². The van der Waals surface area contributed by atoms with Crippen LogP contribution in [0.5, 0.6) is 0 Å². The first-order valence-corrected chi connectivity index (χ1v) is 7.90. The monoisotopic (exact) mass is 329 g/mol. The highest BCUT2D eigenvalue weighted by molar-refractivity contribution is 5.92. The van der Waals surface area contributed by atoms with Crippen LogP contribution in [-0.2, 0) is 0 Å². The van der Waals surface area contributed by atoms with Crippen LogP contribution in [0.25, 0.3) is 12.2 Å². The minimum atomic E-state index is -0.630. The molecule has 1 heterocycles. The van der Waals surface area contributed by atoms with Gasteiger partial charge in [0.2, 0.25) is 0 Å². The highest BCUT2D eigenvalue weighted by Crippen LogP contribution is 2.37. The number of nitrogens with zero attached hydrogens (tertiary/aromatic N) is 2. The van der Waals surface area contributed by atoms with Crippen molar-refractivity contribution in [1.82, 2.24) is 15.4 Å². The summed E-state index contributed by atoms with van der Waals surface area (Å²) in [7, 11) is 0. The van der Waals surface area contributed by atoms with Crippen LogP contribution in [0, 0.1) is 0 Å². The van der Waals surface area contributed by atoms with Gasteiger partial charge in [0.05, 0.1) is 11.5 Å². The molecule has 4 rings (SSSR count). The van der Waals surface area contributed by atoms with Gasteiger partial charge in [0.1, 0.15) is 5.82 Å². The fourth-order valence-corrected chi connectivity index (χ4v) is 3.15. The van der Waals surface area contributed by atoms with Crippen molar-refractivity contribution in [2.45, 2.75) is 5.92 Å². The fourth-order valence-electron chi connectivity index (χ4n) is 3.15. The third-order valence-corrected chi connectivity index (χ3v) is 4.35. The molecule has 1 aliphatic rings. The van der Waals surface area contributed by atoms with Crippen molar-refractivity contribution in [3.05, 3.63) is 94.6 Å². The molecule has 0 aliphatic heterocycles. The van der Waals surface area contributed by atoms with E-state index in [1.165, 1.54) is 12.4 Å². The number of aromatic nitrogens is 2. The van der Waals surface area contributed by atoms with Crippen molar-refractivity contribution in [1.29, 1.82) is 0 Å². The van der Waals surface area contributed by atoms with Crippen LogP contribution in [0.4, 0.5) is 0 Å². The van der Waals surface area contributed by atoms with Gasteiger partial charge in [0, 0.05) is 12.4 Å². The molecule has 0 spiro atoms. The number of nitrogens with one attached hydrogen (secondary N) is 1. The minimum absolute atomic E-state index is 0.131. The average Bonchev–Trinajstić information content (AvgIpc) is 2.84. The lowest BCUT2D eigenvalue weighted by molar-refractivity contribution is 0.0705. The molecule has 2 N–H and O–H groups in total. The molecule has 0 atom stereocenters. The molecule has 0 unspecified atom stereocenters. The number of carbonyl (C=O) groups excluding carboxylic acids is 1. The zero-order valence-corrected chi connectivity index (χ0v) is 13.3. The number of carbonyl (C=O) groups is 1. The predicted molar refractivity (Wildman–Crippen MR) is 94.0 cm³/mol. The zero-order chi connectivity index (χ0) is 17.2. The molecular weight excluding hydrogens is 314 g/mol. The molecule has 0 saturated heterocycles. The van der Waals surface area contributed by atoms with E-state index in [4.69, 9.17) is 5.21 Å². The lowest BCUT2D eigenvalue weighted by Gasteiger charge is -2.19. The van der Waals surface area contributed by atoms with E-state index >= 15 is 0 Å². The van der Waals surface area contributed by atoms with E-state index in [1.54, 1.807) is 5.48 Å². The van der Waals surface area contributed by atoms with Crippen molar-refractivity contribution in [3.8, 4) is 0 Å². The number of rotatable bonds is 2. The Hall–Kier alpha value is -3.31. The zero-order valence-electron chi connectivity index (χ0n) is 13.3. The second-order valence-electron chi connectivity index (χ2n) is 5.80. The molecular formula is C20H15N3O2. The van der Waals surface area contributed by atoms with Gasteiger partial charge in [-0.25, -0.2) is 15.4 Å². The van der Waals surface area contributed by atoms with Crippen LogP contribution in [0.2, 0.25) is 0 Å². The second kappa shape index (κ2) is 6.30. The Balaban J connectivity index is 1.88. The maximum atomic E-state index is 11.5. The van der Waals surface area contributed by atoms with Crippen molar-refractivity contribution >= 4 is 18.1 Å². The van der Waals surface area contributed by atoms with E-state index in [1.807, 2.05) is 24.3 Å². The van der Waals surface area contributed by atoms with Gasteiger partial charge in [-0.2, -0.15) is 0 Å². The summed E-state index contributed by atoms with van der Waals surface area (Å²) in [5.74, 6) is -0.151. The molecule has 0 bridgehead atoms. The van der Waals surface area contributed by atoms with Gasteiger partial charge in [0.15, 0.2) is 0 Å². The second-order valence-corrected chi connectivity index (χ2v) is 5.80. The van der Waals surface area contributed by atoms with Gasteiger partial charge in [-0.05, 0) is 22.3 Å². The summed E-state index contributed by atoms with van der Waals surface area (Å²) < 4.78 is 0. The van der Waals surface area contributed by atoms with Crippen LogP contribution in [0.1, 0.15) is 44.4 Å². The van der Waals surface area contributed by atoms with Crippen molar-refractivity contribution in [3.63, 3.8) is 0 Å². The molecule has 122 valence electrons. The van der Waals surface area contributed by atoms with Crippen molar-refractivity contribution in [2.24, 2.45) is 0 Å². The standard InChI is InChI=1S/C20H15N3O2/c24-20(23-25)15-11-21-19(22-12-15)18-16-7-3-1-5-13(16)9-10-14-6-2-4-8-17(14)18/h1-12,18,25H,(H,23,24). The minimum Gasteiger partial charge on any atom is -0.288 e. The predicted octanol–water partition coefficient (Wildman–Crippen LogP) is 3.26. The number of hydrogen-bond acceptors (Lipinski definition) is 4. The Labute approximate surface area is 144 Å². The summed E-state index contributed by atoms with van der Waals surface area (Å²) >= 11 is 0. The highest BCUT2D eigenvalue weighted by atomic mass is 16.5. The smallest absolute Gasteiger partial charge is 0.277 e. The highest BCUT2D eigenvalue weighted by Gasteiger charge is 2.25. The molecule has 2 aromatic carbocycles. The molecule has 0 radical (unpaired) electrons. The Morgan fingerprint density at radius 1 is 0.880 bits per heavy atom. The molecule has 1 aliphatic carbocycles. The van der Waals surface area contributed by atoms with Crippen molar-refractivity contribution < 1.29 is 10.0 Å². The lowest BCUT2D eigenvalue weighted by Crippen LogP contribution is -2.20.